The second-order valence-corrected chi connectivity index (χ2v) is 5.37. The minimum absolute atomic E-state index is 0.114. The molecule has 5 heteroatoms. The Hall–Kier alpha value is -1.91. The van der Waals surface area contributed by atoms with Crippen molar-refractivity contribution in [1.29, 1.82) is 0 Å². The van der Waals surface area contributed by atoms with E-state index in [1.54, 1.807) is 6.07 Å². The first kappa shape index (κ1) is 13.1. The molecule has 1 N–H and O–H groups in total. The number of nitrogens with zero attached hydrogens (tertiary/aromatic N) is 2. The molecule has 106 valence electrons. The maximum Gasteiger partial charge on any atom is 0.306 e. The van der Waals surface area contributed by atoms with E-state index in [4.69, 9.17) is 5.11 Å². The lowest BCUT2D eigenvalue weighted by molar-refractivity contribution is -0.141. The molecule has 2 atom stereocenters. The largest absolute Gasteiger partial charge is 0.481 e. The quantitative estimate of drug-likeness (QED) is 0.936. The molecule has 0 radical (unpaired) electrons. The first-order valence-electron chi connectivity index (χ1n) is 6.99. The van der Waals surface area contributed by atoms with Crippen LogP contribution in [0.25, 0.3) is 11.0 Å². The van der Waals surface area contributed by atoms with E-state index in [9.17, 15) is 9.18 Å². The zero-order chi connectivity index (χ0) is 14.3. The summed E-state index contributed by atoms with van der Waals surface area (Å²) in [6, 6.07) is 4.96. The summed E-state index contributed by atoms with van der Waals surface area (Å²) < 4.78 is 15.8. The van der Waals surface area contributed by atoms with E-state index >= 15 is 0 Å². The molecule has 2 unspecified atom stereocenters. The summed E-state index contributed by atoms with van der Waals surface area (Å²) in [7, 11) is 0. The van der Waals surface area contributed by atoms with Gasteiger partial charge in [-0.3, -0.25) is 4.79 Å². The number of imidazole rings is 1. The lowest BCUT2D eigenvalue weighted by Crippen LogP contribution is -2.11. The molecule has 1 saturated carbocycles. The van der Waals surface area contributed by atoms with Crippen LogP contribution in [0.5, 0.6) is 0 Å². The SMILES string of the molecule is CCn1c(C2CCC(C(=O)O)C2)nc2c(F)cccc21. The molecular weight excluding hydrogens is 259 g/mol. The zero-order valence-electron chi connectivity index (χ0n) is 11.3. The van der Waals surface area contributed by atoms with Gasteiger partial charge in [-0.2, -0.15) is 0 Å². The number of carboxylic acid groups (broad SMARTS) is 1. The molecule has 0 bridgehead atoms. The van der Waals surface area contributed by atoms with Crippen molar-refractivity contribution in [3.05, 3.63) is 29.8 Å². The van der Waals surface area contributed by atoms with Crippen molar-refractivity contribution >= 4 is 17.0 Å². The fourth-order valence-electron chi connectivity index (χ4n) is 3.22. The molecule has 1 heterocycles. The molecular formula is C15H17FN2O2. The van der Waals surface area contributed by atoms with E-state index in [0.29, 0.717) is 24.9 Å². The summed E-state index contributed by atoms with van der Waals surface area (Å²) in [5, 5.41) is 9.10. The number of aromatic nitrogens is 2. The first-order valence-corrected chi connectivity index (χ1v) is 6.99. The number of hydrogen-bond acceptors (Lipinski definition) is 2. The third-order valence-electron chi connectivity index (χ3n) is 4.22. The maximum absolute atomic E-state index is 13.8. The van der Waals surface area contributed by atoms with Crippen molar-refractivity contribution in [3.8, 4) is 0 Å². The van der Waals surface area contributed by atoms with Crippen LogP contribution < -0.4 is 0 Å². The fourth-order valence-corrected chi connectivity index (χ4v) is 3.22. The highest BCUT2D eigenvalue weighted by atomic mass is 19.1. The Labute approximate surface area is 116 Å². The van der Waals surface area contributed by atoms with Crippen molar-refractivity contribution in [3.63, 3.8) is 0 Å². The normalized spacial score (nSPS) is 22.5. The Kier molecular flexibility index (Phi) is 3.20. The number of para-hydroxylation sites is 1. The maximum atomic E-state index is 13.8. The summed E-state index contributed by atoms with van der Waals surface area (Å²) >= 11 is 0. The smallest absolute Gasteiger partial charge is 0.306 e. The van der Waals surface area contributed by atoms with Gasteiger partial charge in [0.25, 0.3) is 0 Å². The number of halogens is 1. The van der Waals surface area contributed by atoms with E-state index in [0.717, 1.165) is 17.8 Å². The fraction of sp³-hybridized carbons (Fsp3) is 0.467. The lowest BCUT2D eigenvalue weighted by Gasteiger charge is -2.11. The van der Waals surface area contributed by atoms with Gasteiger partial charge in [0.1, 0.15) is 11.3 Å². The van der Waals surface area contributed by atoms with Crippen molar-refractivity contribution in [2.24, 2.45) is 5.92 Å². The van der Waals surface area contributed by atoms with Gasteiger partial charge in [-0.25, -0.2) is 9.37 Å². The summed E-state index contributed by atoms with van der Waals surface area (Å²) in [5.41, 5.74) is 1.18. The number of carbonyl (C=O) groups is 1. The van der Waals surface area contributed by atoms with Crippen LogP contribution in [0.15, 0.2) is 18.2 Å². The minimum Gasteiger partial charge on any atom is -0.481 e. The average molecular weight is 276 g/mol. The number of benzene rings is 1. The molecule has 3 rings (SSSR count). The van der Waals surface area contributed by atoms with Crippen LogP contribution in [-0.2, 0) is 11.3 Å². The lowest BCUT2D eigenvalue weighted by atomic mass is 10.0. The van der Waals surface area contributed by atoms with E-state index in [-0.39, 0.29) is 17.7 Å². The third kappa shape index (κ3) is 1.97. The standard InChI is InChI=1S/C15H17FN2O2/c1-2-18-12-5-3-4-11(16)13(12)17-14(18)9-6-7-10(8-9)15(19)20/h3-5,9-10H,2,6-8H2,1H3,(H,19,20). The van der Waals surface area contributed by atoms with E-state index in [1.807, 2.05) is 17.6 Å². The van der Waals surface area contributed by atoms with Gasteiger partial charge in [0, 0.05) is 12.5 Å². The molecule has 1 aromatic carbocycles. The summed E-state index contributed by atoms with van der Waals surface area (Å²) in [4.78, 5) is 15.5. The molecule has 20 heavy (non-hydrogen) atoms. The van der Waals surface area contributed by atoms with Gasteiger partial charge in [0.2, 0.25) is 0 Å². The average Bonchev–Trinajstić information content (AvgIpc) is 3.03. The first-order chi connectivity index (χ1) is 9.61. The Morgan fingerprint density at radius 2 is 2.30 bits per heavy atom. The van der Waals surface area contributed by atoms with Gasteiger partial charge in [0.05, 0.1) is 11.4 Å². The summed E-state index contributed by atoms with van der Waals surface area (Å²) in [6.45, 7) is 2.71. The van der Waals surface area contributed by atoms with Crippen molar-refractivity contribution < 1.29 is 14.3 Å². The molecule has 2 aromatic rings. The Bertz CT molecular complexity index is 665. The van der Waals surface area contributed by atoms with Gasteiger partial charge in [0.15, 0.2) is 5.82 Å². The number of fused-ring (bicyclic) bond motifs is 1. The van der Waals surface area contributed by atoms with E-state index < -0.39 is 5.97 Å². The highest BCUT2D eigenvalue weighted by Gasteiger charge is 2.33. The minimum atomic E-state index is -0.738. The third-order valence-corrected chi connectivity index (χ3v) is 4.22. The highest BCUT2D eigenvalue weighted by Crippen LogP contribution is 2.39. The second-order valence-electron chi connectivity index (χ2n) is 5.37. The molecule has 0 amide bonds. The molecule has 1 aliphatic rings. The van der Waals surface area contributed by atoms with Crippen LogP contribution in [-0.4, -0.2) is 20.6 Å². The molecule has 4 nitrogen and oxygen atoms in total. The topological polar surface area (TPSA) is 55.1 Å². The van der Waals surface area contributed by atoms with Crippen molar-refractivity contribution in [1.82, 2.24) is 9.55 Å². The summed E-state index contributed by atoms with van der Waals surface area (Å²) in [6.07, 6.45) is 2.08. The summed E-state index contributed by atoms with van der Waals surface area (Å²) in [5.74, 6) is -0.407. The van der Waals surface area contributed by atoms with Crippen LogP contribution in [0.4, 0.5) is 4.39 Å². The monoisotopic (exact) mass is 276 g/mol. The van der Waals surface area contributed by atoms with Crippen molar-refractivity contribution in [2.45, 2.75) is 38.6 Å². The Morgan fingerprint density at radius 3 is 2.95 bits per heavy atom. The molecule has 0 spiro atoms. The van der Waals surface area contributed by atoms with Crippen LogP contribution in [0.2, 0.25) is 0 Å². The number of aryl methyl sites for hydroxylation is 1. The van der Waals surface area contributed by atoms with Crippen molar-refractivity contribution in [2.75, 3.05) is 0 Å². The highest BCUT2D eigenvalue weighted by molar-refractivity contribution is 5.77. The van der Waals surface area contributed by atoms with Gasteiger partial charge < -0.3 is 9.67 Å². The molecule has 1 fully saturated rings. The van der Waals surface area contributed by atoms with Gasteiger partial charge in [-0.05, 0) is 38.3 Å². The zero-order valence-corrected chi connectivity index (χ0v) is 11.3. The predicted molar refractivity (Wildman–Crippen MR) is 73.1 cm³/mol. The van der Waals surface area contributed by atoms with Crippen LogP contribution >= 0.6 is 0 Å². The number of hydrogen-bond donors (Lipinski definition) is 1. The Morgan fingerprint density at radius 1 is 1.50 bits per heavy atom. The van der Waals surface area contributed by atoms with Crippen LogP contribution in [0.3, 0.4) is 0 Å². The van der Waals surface area contributed by atoms with Crippen LogP contribution in [0.1, 0.15) is 37.9 Å². The Balaban J connectivity index is 2.04. The number of aliphatic carboxylic acids is 1. The molecule has 1 aromatic heterocycles. The van der Waals surface area contributed by atoms with Gasteiger partial charge in [-0.15, -0.1) is 0 Å². The second kappa shape index (κ2) is 4.89. The molecule has 0 saturated heterocycles. The number of rotatable bonds is 3. The van der Waals surface area contributed by atoms with E-state index in [2.05, 4.69) is 4.98 Å². The molecule has 1 aliphatic carbocycles. The van der Waals surface area contributed by atoms with E-state index in [1.165, 1.54) is 6.07 Å². The molecule has 0 aliphatic heterocycles. The van der Waals surface area contributed by atoms with Gasteiger partial charge >= 0.3 is 5.97 Å². The predicted octanol–water partition coefficient (Wildman–Crippen LogP) is 3.16. The van der Waals surface area contributed by atoms with Gasteiger partial charge in [-0.1, -0.05) is 6.07 Å². The van der Waals surface area contributed by atoms with Crippen LogP contribution in [0, 0.1) is 11.7 Å². The number of carboxylic acids is 1.